The fourth-order valence-corrected chi connectivity index (χ4v) is 2.17. The highest BCUT2D eigenvalue weighted by Crippen LogP contribution is 2.26. The first kappa shape index (κ1) is 14.0. The molecule has 0 aromatic heterocycles. The highest BCUT2D eigenvalue weighted by Gasteiger charge is 2.26. The van der Waals surface area contributed by atoms with Crippen LogP contribution in [0.1, 0.15) is 24.5 Å². The molecule has 0 radical (unpaired) electrons. The monoisotopic (exact) mass is 268 g/mol. The van der Waals surface area contributed by atoms with Gasteiger partial charge < -0.3 is 0 Å². The van der Waals surface area contributed by atoms with E-state index in [1.54, 1.807) is 6.92 Å². The quantitative estimate of drug-likeness (QED) is 0.843. The Morgan fingerprint density at radius 1 is 1.35 bits per heavy atom. The second kappa shape index (κ2) is 5.05. The third kappa shape index (κ3) is 2.61. The minimum absolute atomic E-state index is 0.0159. The Balaban J connectivity index is 3.55. The summed E-state index contributed by atoms with van der Waals surface area (Å²) >= 11 is 0. The van der Waals surface area contributed by atoms with Gasteiger partial charge in [-0.3, -0.25) is 0 Å². The van der Waals surface area contributed by atoms with Crippen LogP contribution in [0.4, 0.5) is 13.3 Å². The van der Waals surface area contributed by atoms with Gasteiger partial charge in [-0.15, -0.1) is 0 Å². The number of halogens is 3. The highest BCUT2D eigenvalue weighted by atomic mass is 32.2. The maximum Gasteiger partial charge on any atom is 0.330 e. The van der Waals surface area contributed by atoms with Crippen molar-refractivity contribution >= 4 is 10.1 Å². The molecule has 0 aliphatic rings. The van der Waals surface area contributed by atoms with Gasteiger partial charge in [-0.2, -0.15) is 8.42 Å². The Bertz CT molecular complexity index is 526. The SMILES string of the molecule is CCCc1c(C)c(F)cc(S(=O)(=O)OF)c1F. The lowest BCUT2D eigenvalue weighted by molar-refractivity contribution is 0.00247. The summed E-state index contributed by atoms with van der Waals surface area (Å²) < 4.78 is 63.8. The van der Waals surface area contributed by atoms with E-state index in [1.807, 2.05) is 0 Å². The molecule has 17 heavy (non-hydrogen) atoms. The van der Waals surface area contributed by atoms with Crippen molar-refractivity contribution in [1.29, 1.82) is 0 Å². The lowest BCUT2D eigenvalue weighted by atomic mass is 10.0. The molecule has 1 rings (SSSR count). The molecule has 0 heterocycles. The van der Waals surface area contributed by atoms with Gasteiger partial charge in [-0.05, 0) is 35.1 Å². The smallest absolute Gasteiger partial charge is 0.207 e. The Morgan fingerprint density at radius 3 is 2.41 bits per heavy atom. The van der Waals surface area contributed by atoms with E-state index in [9.17, 15) is 21.7 Å². The van der Waals surface area contributed by atoms with Crippen LogP contribution in [0, 0.1) is 18.6 Å². The number of hydrogen-bond donors (Lipinski definition) is 0. The summed E-state index contributed by atoms with van der Waals surface area (Å²) in [6.45, 7) is 3.06. The molecule has 0 aliphatic carbocycles. The van der Waals surface area contributed by atoms with Crippen LogP contribution in [0.15, 0.2) is 11.0 Å². The van der Waals surface area contributed by atoms with E-state index in [-0.39, 0.29) is 17.5 Å². The number of hydrogen-bond acceptors (Lipinski definition) is 3. The first-order valence-electron chi connectivity index (χ1n) is 4.87. The third-order valence-corrected chi connectivity index (χ3v) is 3.40. The lowest BCUT2D eigenvalue weighted by Gasteiger charge is -2.10. The second-order valence-electron chi connectivity index (χ2n) is 3.54. The van der Waals surface area contributed by atoms with Crippen molar-refractivity contribution in [2.75, 3.05) is 0 Å². The van der Waals surface area contributed by atoms with Crippen molar-refractivity contribution < 1.29 is 26.1 Å². The van der Waals surface area contributed by atoms with Crippen molar-refractivity contribution in [3.63, 3.8) is 0 Å². The normalized spacial score (nSPS) is 11.8. The van der Waals surface area contributed by atoms with Gasteiger partial charge in [-0.25, -0.2) is 8.78 Å². The van der Waals surface area contributed by atoms with E-state index in [0.29, 0.717) is 12.5 Å². The molecule has 7 heteroatoms. The number of benzene rings is 1. The average Bonchev–Trinajstić information content (AvgIpc) is 2.29. The first-order chi connectivity index (χ1) is 7.85. The predicted molar refractivity (Wildman–Crippen MR) is 54.5 cm³/mol. The van der Waals surface area contributed by atoms with Crippen LogP contribution < -0.4 is 0 Å². The molecule has 96 valence electrons. The minimum Gasteiger partial charge on any atom is -0.207 e. The molecule has 0 unspecified atom stereocenters. The summed E-state index contributed by atoms with van der Waals surface area (Å²) in [7, 11) is -4.89. The van der Waals surface area contributed by atoms with Crippen molar-refractivity contribution in [3.8, 4) is 0 Å². The molecular weight excluding hydrogens is 257 g/mol. The van der Waals surface area contributed by atoms with Crippen LogP contribution in [0.3, 0.4) is 0 Å². The van der Waals surface area contributed by atoms with Gasteiger partial charge in [-0.1, -0.05) is 17.7 Å². The minimum atomic E-state index is -4.89. The zero-order valence-electron chi connectivity index (χ0n) is 9.26. The fraction of sp³-hybridized carbons (Fsp3) is 0.400. The molecule has 0 bridgehead atoms. The molecule has 0 saturated carbocycles. The maximum atomic E-state index is 13.8. The van der Waals surface area contributed by atoms with Gasteiger partial charge in [0.05, 0.1) is 0 Å². The van der Waals surface area contributed by atoms with Gasteiger partial charge in [0.1, 0.15) is 16.5 Å². The zero-order chi connectivity index (χ0) is 13.2. The lowest BCUT2D eigenvalue weighted by Crippen LogP contribution is -2.09. The molecule has 0 atom stereocenters. The average molecular weight is 268 g/mol. The van der Waals surface area contributed by atoms with Crippen molar-refractivity contribution in [2.24, 2.45) is 0 Å². The van der Waals surface area contributed by atoms with Gasteiger partial charge >= 0.3 is 10.1 Å². The molecule has 1 aromatic carbocycles. The largest absolute Gasteiger partial charge is 0.330 e. The second-order valence-corrected chi connectivity index (χ2v) is 5.02. The molecular formula is C10H11F3O3S. The van der Waals surface area contributed by atoms with E-state index >= 15 is 0 Å². The summed E-state index contributed by atoms with van der Waals surface area (Å²) in [5.41, 5.74) is -0.0646. The van der Waals surface area contributed by atoms with Crippen LogP contribution >= 0.6 is 0 Å². The van der Waals surface area contributed by atoms with Crippen LogP contribution in [0.2, 0.25) is 0 Å². The standard InChI is InChI=1S/C10H11F3O3S/c1-3-4-7-6(2)8(11)5-9(10(7)12)17(14,15)16-13/h5H,3-4H2,1-2H3. The number of rotatable bonds is 4. The Morgan fingerprint density at radius 2 is 1.94 bits per heavy atom. The fourth-order valence-electron chi connectivity index (χ4n) is 1.51. The molecule has 1 aromatic rings. The maximum absolute atomic E-state index is 13.8. The molecule has 3 nitrogen and oxygen atoms in total. The third-order valence-electron chi connectivity index (χ3n) is 2.40. The molecule has 0 fully saturated rings. The first-order valence-corrected chi connectivity index (χ1v) is 6.28. The van der Waals surface area contributed by atoms with Crippen LogP contribution in [-0.2, 0) is 20.9 Å². The van der Waals surface area contributed by atoms with E-state index < -0.39 is 26.6 Å². The van der Waals surface area contributed by atoms with E-state index in [2.05, 4.69) is 4.39 Å². The molecule has 0 amide bonds. The van der Waals surface area contributed by atoms with Crippen LogP contribution in [-0.4, -0.2) is 8.42 Å². The van der Waals surface area contributed by atoms with Gasteiger partial charge in [0.15, 0.2) is 0 Å². The summed E-state index contributed by atoms with van der Waals surface area (Å²) in [6, 6.07) is 0.415. The van der Waals surface area contributed by atoms with Gasteiger partial charge in [0, 0.05) is 0 Å². The Kier molecular flexibility index (Phi) is 4.16. The summed E-state index contributed by atoms with van der Waals surface area (Å²) in [5, 5.41) is 0. The molecule has 0 saturated heterocycles. The van der Waals surface area contributed by atoms with E-state index in [1.165, 1.54) is 6.92 Å². The van der Waals surface area contributed by atoms with E-state index in [4.69, 9.17) is 0 Å². The highest BCUT2D eigenvalue weighted by molar-refractivity contribution is 7.86. The van der Waals surface area contributed by atoms with Gasteiger partial charge in [0.2, 0.25) is 0 Å². The Hall–Kier alpha value is -1.08. The topological polar surface area (TPSA) is 43.4 Å². The predicted octanol–water partition coefficient (Wildman–Crippen LogP) is 2.82. The van der Waals surface area contributed by atoms with Crippen LogP contribution in [0.5, 0.6) is 0 Å². The summed E-state index contributed by atoms with van der Waals surface area (Å²) in [6.07, 6.45) is 0.654. The van der Waals surface area contributed by atoms with Crippen molar-refractivity contribution in [2.45, 2.75) is 31.6 Å². The van der Waals surface area contributed by atoms with Gasteiger partial charge in [0.25, 0.3) is 0 Å². The van der Waals surface area contributed by atoms with Crippen molar-refractivity contribution in [3.05, 3.63) is 28.8 Å². The molecule has 0 spiro atoms. The van der Waals surface area contributed by atoms with Crippen LogP contribution in [0.25, 0.3) is 0 Å². The molecule has 0 N–H and O–H groups in total. The van der Waals surface area contributed by atoms with E-state index in [0.717, 1.165) is 0 Å². The Labute approximate surface area is 97.2 Å². The molecule has 0 aliphatic heterocycles. The van der Waals surface area contributed by atoms with Crippen molar-refractivity contribution in [1.82, 2.24) is 0 Å². The summed E-state index contributed by atoms with van der Waals surface area (Å²) in [4.78, 5) is -1.12. The summed E-state index contributed by atoms with van der Waals surface area (Å²) in [5.74, 6) is -2.08. The zero-order valence-corrected chi connectivity index (χ0v) is 10.1.